The predicted molar refractivity (Wildman–Crippen MR) is 71.3 cm³/mol. The summed E-state index contributed by atoms with van der Waals surface area (Å²) in [6.07, 6.45) is 3.52. The minimum absolute atomic E-state index is 0.400. The van der Waals surface area contributed by atoms with E-state index in [0.29, 0.717) is 17.9 Å². The number of benzene rings is 1. The molecular weight excluding hydrogens is 210 g/mol. The molecule has 94 valence electrons. The van der Waals surface area contributed by atoms with Crippen LogP contribution in [0, 0.1) is 5.92 Å². The molecule has 2 unspecified atom stereocenters. The molecule has 2 nitrogen and oxygen atoms in total. The summed E-state index contributed by atoms with van der Waals surface area (Å²) >= 11 is 0. The maximum absolute atomic E-state index is 5.95. The van der Waals surface area contributed by atoms with Gasteiger partial charge in [-0.3, -0.25) is 0 Å². The number of hydrogen-bond donors (Lipinski definition) is 1. The van der Waals surface area contributed by atoms with Gasteiger partial charge in [0.15, 0.2) is 0 Å². The van der Waals surface area contributed by atoms with Crippen molar-refractivity contribution in [2.24, 2.45) is 11.7 Å². The highest BCUT2D eigenvalue weighted by atomic mass is 16.5. The van der Waals surface area contributed by atoms with Gasteiger partial charge in [-0.2, -0.15) is 0 Å². The smallest absolute Gasteiger partial charge is 0.119 e. The third kappa shape index (κ3) is 3.47. The third-order valence-electron chi connectivity index (χ3n) is 3.41. The van der Waals surface area contributed by atoms with Gasteiger partial charge in [0.1, 0.15) is 5.75 Å². The van der Waals surface area contributed by atoms with Crippen LogP contribution in [0.5, 0.6) is 5.75 Å². The van der Waals surface area contributed by atoms with E-state index in [1.165, 1.54) is 12.0 Å². The topological polar surface area (TPSA) is 35.2 Å². The molecule has 1 aliphatic rings. The summed E-state index contributed by atoms with van der Waals surface area (Å²) in [6.45, 7) is 5.11. The number of hydrogen-bond acceptors (Lipinski definition) is 2. The minimum Gasteiger partial charge on any atom is -0.493 e. The molecule has 1 aromatic rings. The summed E-state index contributed by atoms with van der Waals surface area (Å²) in [5.74, 6) is 2.21. The summed E-state index contributed by atoms with van der Waals surface area (Å²) in [6, 6.07) is 8.96. The van der Waals surface area contributed by atoms with Gasteiger partial charge in [0.2, 0.25) is 0 Å². The lowest BCUT2D eigenvalue weighted by Gasteiger charge is -2.12. The fourth-order valence-electron chi connectivity index (χ4n) is 2.42. The molecule has 17 heavy (non-hydrogen) atoms. The van der Waals surface area contributed by atoms with E-state index >= 15 is 0 Å². The molecule has 2 rings (SSSR count). The van der Waals surface area contributed by atoms with Crippen molar-refractivity contribution in [2.45, 2.75) is 45.1 Å². The number of nitrogens with two attached hydrogens (primary N) is 1. The highest BCUT2D eigenvalue weighted by Crippen LogP contribution is 2.34. The van der Waals surface area contributed by atoms with Crippen LogP contribution < -0.4 is 10.5 Å². The quantitative estimate of drug-likeness (QED) is 0.866. The van der Waals surface area contributed by atoms with Crippen molar-refractivity contribution in [3.05, 3.63) is 29.8 Å². The van der Waals surface area contributed by atoms with E-state index in [0.717, 1.165) is 25.2 Å². The van der Waals surface area contributed by atoms with Crippen LogP contribution in [0.1, 0.15) is 44.6 Å². The lowest BCUT2D eigenvalue weighted by Crippen LogP contribution is -2.14. The molecule has 2 N–H and O–H groups in total. The average molecular weight is 233 g/mol. The van der Waals surface area contributed by atoms with Crippen LogP contribution >= 0.6 is 0 Å². The first kappa shape index (κ1) is 12.4. The Morgan fingerprint density at radius 2 is 1.94 bits per heavy atom. The molecule has 0 heterocycles. The summed E-state index contributed by atoms with van der Waals surface area (Å²) in [4.78, 5) is 0. The molecule has 0 bridgehead atoms. The molecule has 1 saturated carbocycles. The molecule has 2 heteroatoms. The first-order valence-corrected chi connectivity index (χ1v) is 6.63. The van der Waals surface area contributed by atoms with Gasteiger partial charge in [-0.15, -0.1) is 0 Å². The SMILES string of the molecule is CC(C)COc1ccc(C2CCC(N)C2)cc1. The number of rotatable bonds is 4. The van der Waals surface area contributed by atoms with E-state index in [1.807, 2.05) is 0 Å². The zero-order valence-electron chi connectivity index (χ0n) is 10.9. The molecule has 2 atom stereocenters. The van der Waals surface area contributed by atoms with Gasteiger partial charge in [-0.1, -0.05) is 26.0 Å². The molecule has 0 saturated heterocycles. The molecular formula is C15H23NO. The molecule has 0 aromatic heterocycles. The third-order valence-corrected chi connectivity index (χ3v) is 3.41. The van der Waals surface area contributed by atoms with Gasteiger partial charge in [0.05, 0.1) is 6.61 Å². The van der Waals surface area contributed by atoms with Gasteiger partial charge in [0.25, 0.3) is 0 Å². The lowest BCUT2D eigenvalue weighted by molar-refractivity contribution is 0.271. The van der Waals surface area contributed by atoms with Crippen LogP contribution in [0.25, 0.3) is 0 Å². The molecule has 0 aliphatic heterocycles. The Labute approximate surface area is 104 Å². The predicted octanol–water partition coefficient (Wildman–Crippen LogP) is 3.32. The highest BCUT2D eigenvalue weighted by molar-refractivity contribution is 5.30. The standard InChI is InChI=1S/C15H23NO/c1-11(2)10-17-15-7-4-12(5-8-15)13-3-6-14(16)9-13/h4-5,7-8,11,13-14H,3,6,9-10,16H2,1-2H3. The highest BCUT2D eigenvalue weighted by Gasteiger charge is 2.22. The van der Waals surface area contributed by atoms with Crippen LogP contribution in [-0.2, 0) is 0 Å². The van der Waals surface area contributed by atoms with E-state index in [-0.39, 0.29) is 0 Å². The second-order valence-corrected chi connectivity index (χ2v) is 5.54. The van der Waals surface area contributed by atoms with E-state index in [2.05, 4.69) is 38.1 Å². The van der Waals surface area contributed by atoms with Crippen molar-refractivity contribution in [3.63, 3.8) is 0 Å². The first-order valence-electron chi connectivity index (χ1n) is 6.63. The van der Waals surface area contributed by atoms with E-state index in [1.54, 1.807) is 0 Å². The van der Waals surface area contributed by atoms with Gasteiger partial charge in [-0.25, -0.2) is 0 Å². The summed E-state index contributed by atoms with van der Waals surface area (Å²) in [5.41, 5.74) is 7.36. The molecule has 0 amide bonds. The van der Waals surface area contributed by atoms with Crippen LogP contribution in [-0.4, -0.2) is 12.6 Å². The Balaban J connectivity index is 1.93. The molecule has 1 aromatic carbocycles. The van der Waals surface area contributed by atoms with Gasteiger partial charge >= 0.3 is 0 Å². The van der Waals surface area contributed by atoms with Crippen LogP contribution in [0.3, 0.4) is 0 Å². The second-order valence-electron chi connectivity index (χ2n) is 5.54. The maximum Gasteiger partial charge on any atom is 0.119 e. The first-order chi connectivity index (χ1) is 8.15. The Bertz CT molecular complexity index is 344. The fourth-order valence-corrected chi connectivity index (χ4v) is 2.42. The summed E-state index contributed by atoms with van der Waals surface area (Å²) in [5, 5.41) is 0. The number of ether oxygens (including phenoxy) is 1. The zero-order chi connectivity index (χ0) is 12.3. The van der Waals surface area contributed by atoms with Crippen molar-refractivity contribution >= 4 is 0 Å². The summed E-state index contributed by atoms with van der Waals surface area (Å²) in [7, 11) is 0. The lowest BCUT2D eigenvalue weighted by atomic mass is 9.97. The fraction of sp³-hybridized carbons (Fsp3) is 0.600. The van der Waals surface area contributed by atoms with E-state index < -0.39 is 0 Å². The maximum atomic E-state index is 5.95. The van der Waals surface area contributed by atoms with Crippen LogP contribution in [0.15, 0.2) is 24.3 Å². The van der Waals surface area contributed by atoms with E-state index in [9.17, 15) is 0 Å². The van der Waals surface area contributed by atoms with Crippen LogP contribution in [0.4, 0.5) is 0 Å². The molecule has 1 aliphatic carbocycles. The van der Waals surface area contributed by atoms with E-state index in [4.69, 9.17) is 10.5 Å². The Kier molecular flexibility index (Phi) is 4.06. The molecule has 0 radical (unpaired) electrons. The second kappa shape index (κ2) is 5.54. The van der Waals surface area contributed by atoms with Crippen molar-refractivity contribution < 1.29 is 4.74 Å². The minimum atomic E-state index is 0.400. The zero-order valence-corrected chi connectivity index (χ0v) is 10.9. The van der Waals surface area contributed by atoms with Gasteiger partial charge in [0, 0.05) is 6.04 Å². The summed E-state index contributed by atoms with van der Waals surface area (Å²) < 4.78 is 5.68. The van der Waals surface area contributed by atoms with Crippen molar-refractivity contribution in [1.82, 2.24) is 0 Å². The van der Waals surface area contributed by atoms with Gasteiger partial charge < -0.3 is 10.5 Å². The Hall–Kier alpha value is -1.02. The van der Waals surface area contributed by atoms with Crippen LogP contribution in [0.2, 0.25) is 0 Å². The normalized spacial score (nSPS) is 24.2. The molecule has 1 fully saturated rings. The largest absolute Gasteiger partial charge is 0.493 e. The monoisotopic (exact) mass is 233 g/mol. The van der Waals surface area contributed by atoms with Crippen molar-refractivity contribution in [3.8, 4) is 5.75 Å². The Morgan fingerprint density at radius 1 is 1.24 bits per heavy atom. The van der Waals surface area contributed by atoms with Gasteiger partial charge in [-0.05, 0) is 48.8 Å². The van der Waals surface area contributed by atoms with Crippen molar-refractivity contribution in [2.75, 3.05) is 6.61 Å². The van der Waals surface area contributed by atoms with Crippen molar-refractivity contribution in [1.29, 1.82) is 0 Å². The Morgan fingerprint density at radius 3 is 2.47 bits per heavy atom. The molecule has 0 spiro atoms. The average Bonchev–Trinajstić information content (AvgIpc) is 2.74.